The molecule has 0 unspecified atom stereocenters. The summed E-state index contributed by atoms with van der Waals surface area (Å²) in [6.45, 7) is 0.331. The van der Waals surface area contributed by atoms with Crippen LogP contribution in [-0.2, 0) is 22.6 Å². The molecule has 1 heterocycles. The predicted molar refractivity (Wildman–Crippen MR) is 115 cm³/mol. The van der Waals surface area contributed by atoms with Crippen LogP contribution < -0.4 is 0 Å². The highest BCUT2D eigenvalue weighted by atomic mass is 16.5. The average Bonchev–Trinajstić information content (AvgIpc) is 2.74. The van der Waals surface area contributed by atoms with E-state index in [0.717, 1.165) is 18.4 Å². The van der Waals surface area contributed by atoms with Crippen LogP contribution in [0.1, 0.15) is 81.8 Å². The summed E-state index contributed by atoms with van der Waals surface area (Å²) in [6.07, 6.45) is 17.8. The molecule has 28 heavy (non-hydrogen) atoms. The monoisotopic (exact) mass is 381 g/mol. The molecule has 3 heteroatoms. The first-order valence-electron chi connectivity index (χ1n) is 10.9. The number of esters is 1. The van der Waals surface area contributed by atoms with Crippen LogP contribution in [0.3, 0.4) is 0 Å². The smallest absolute Gasteiger partial charge is 0.306 e. The number of ether oxygens (including phenoxy) is 1. The average molecular weight is 382 g/mol. The van der Waals surface area contributed by atoms with Gasteiger partial charge in [0.15, 0.2) is 0 Å². The van der Waals surface area contributed by atoms with Crippen LogP contribution in [0.25, 0.3) is 0 Å². The van der Waals surface area contributed by atoms with Crippen molar-refractivity contribution < 1.29 is 9.53 Å². The van der Waals surface area contributed by atoms with Gasteiger partial charge in [0.25, 0.3) is 0 Å². The second-order valence-electron chi connectivity index (χ2n) is 7.54. The van der Waals surface area contributed by atoms with Gasteiger partial charge in [-0.25, -0.2) is 0 Å². The number of carbonyl (C=O) groups excluding carboxylic acids is 1. The fourth-order valence-corrected chi connectivity index (χ4v) is 3.38. The number of benzene rings is 1. The van der Waals surface area contributed by atoms with Crippen LogP contribution in [0, 0.1) is 0 Å². The zero-order valence-electron chi connectivity index (χ0n) is 17.2. The minimum absolute atomic E-state index is 0.0978. The molecule has 152 valence electrons. The third kappa shape index (κ3) is 10.9. The lowest BCUT2D eigenvalue weighted by Gasteiger charge is -2.05. The summed E-state index contributed by atoms with van der Waals surface area (Å²) in [5.74, 6) is -0.0978. The van der Waals surface area contributed by atoms with Crippen LogP contribution in [0.2, 0.25) is 0 Å². The molecule has 3 nitrogen and oxygen atoms in total. The van der Waals surface area contributed by atoms with E-state index in [9.17, 15) is 4.79 Å². The Morgan fingerprint density at radius 2 is 1.32 bits per heavy atom. The third-order valence-corrected chi connectivity index (χ3v) is 5.06. The summed E-state index contributed by atoms with van der Waals surface area (Å²) in [5, 5.41) is 0. The van der Waals surface area contributed by atoms with Gasteiger partial charge in [-0.3, -0.25) is 9.78 Å². The van der Waals surface area contributed by atoms with Gasteiger partial charge in [0.05, 0.1) is 0 Å². The quantitative estimate of drug-likeness (QED) is 0.256. The Kier molecular flexibility index (Phi) is 11.7. The minimum atomic E-state index is -0.0978. The maximum atomic E-state index is 11.7. The molecular weight excluding hydrogens is 346 g/mol. The van der Waals surface area contributed by atoms with Gasteiger partial charge in [-0.2, -0.15) is 0 Å². The van der Waals surface area contributed by atoms with E-state index in [1.807, 2.05) is 12.1 Å². The van der Waals surface area contributed by atoms with Crippen molar-refractivity contribution in [3.63, 3.8) is 0 Å². The first kappa shape index (κ1) is 22.1. The van der Waals surface area contributed by atoms with Crippen molar-refractivity contribution in [2.24, 2.45) is 0 Å². The molecular formula is C25H35NO2. The van der Waals surface area contributed by atoms with Crippen LogP contribution in [0.4, 0.5) is 0 Å². The van der Waals surface area contributed by atoms with Crippen molar-refractivity contribution in [1.29, 1.82) is 0 Å². The topological polar surface area (TPSA) is 39.2 Å². The van der Waals surface area contributed by atoms with Gasteiger partial charge in [0.1, 0.15) is 6.61 Å². The van der Waals surface area contributed by atoms with Crippen molar-refractivity contribution in [3.8, 4) is 0 Å². The number of pyridine rings is 1. The lowest BCUT2D eigenvalue weighted by atomic mass is 10.0. The zero-order chi connectivity index (χ0) is 19.7. The Morgan fingerprint density at radius 3 is 1.96 bits per heavy atom. The van der Waals surface area contributed by atoms with Gasteiger partial charge in [0.2, 0.25) is 0 Å². The number of hydrogen-bond acceptors (Lipinski definition) is 3. The van der Waals surface area contributed by atoms with E-state index < -0.39 is 0 Å². The second kappa shape index (κ2) is 14.8. The highest BCUT2D eigenvalue weighted by molar-refractivity contribution is 5.69. The third-order valence-electron chi connectivity index (χ3n) is 5.06. The molecule has 1 aromatic carbocycles. The molecule has 0 aliphatic carbocycles. The Morgan fingerprint density at radius 1 is 0.714 bits per heavy atom. The standard InChI is InChI=1S/C25H35NO2/c27-25(28-22-24-18-14-20-26-21-24)19-13-8-6-4-2-1-3-5-7-10-15-23-16-11-9-12-17-23/h9,11-12,14,16-18,20-21H,1-8,10,13,15,19,22H2. The van der Waals surface area contributed by atoms with Crippen LogP contribution in [0.15, 0.2) is 54.9 Å². The lowest BCUT2D eigenvalue weighted by Crippen LogP contribution is -2.04. The molecule has 2 rings (SSSR count). The molecule has 0 fully saturated rings. The van der Waals surface area contributed by atoms with Gasteiger partial charge in [0, 0.05) is 24.4 Å². The normalized spacial score (nSPS) is 10.7. The van der Waals surface area contributed by atoms with E-state index in [-0.39, 0.29) is 5.97 Å². The van der Waals surface area contributed by atoms with E-state index >= 15 is 0 Å². The van der Waals surface area contributed by atoms with Crippen molar-refractivity contribution in [1.82, 2.24) is 4.98 Å². The van der Waals surface area contributed by atoms with E-state index in [1.165, 1.54) is 63.4 Å². The molecule has 0 saturated heterocycles. The van der Waals surface area contributed by atoms with Gasteiger partial charge in [-0.05, 0) is 30.9 Å². The summed E-state index contributed by atoms with van der Waals surface area (Å²) >= 11 is 0. The Balaban J connectivity index is 1.32. The first-order chi connectivity index (χ1) is 13.8. The molecule has 0 aliphatic rings. The number of hydrogen-bond donors (Lipinski definition) is 0. The number of rotatable bonds is 15. The molecule has 0 spiro atoms. The molecule has 0 radical (unpaired) electrons. The van der Waals surface area contributed by atoms with Crippen molar-refractivity contribution >= 4 is 5.97 Å². The Bertz CT molecular complexity index is 628. The maximum absolute atomic E-state index is 11.7. The number of aromatic nitrogens is 1. The fourth-order valence-electron chi connectivity index (χ4n) is 3.38. The van der Waals surface area contributed by atoms with Gasteiger partial charge in [-0.1, -0.05) is 87.8 Å². The largest absolute Gasteiger partial charge is 0.461 e. The Labute approximate surface area is 170 Å². The van der Waals surface area contributed by atoms with Gasteiger partial charge in [-0.15, -0.1) is 0 Å². The molecule has 0 atom stereocenters. The van der Waals surface area contributed by atoms with Crippen molar-refractivity contribution in [2.45, 2.75) is 83.7 Å². The maximum Gasteiger partial charge on any atom is 0.306 e. The van der Waals surface area contributed by atoms with Crippen molar-refractivity contribution in [3.05, 3.63) is 66.0 Å². The van der Waals surface area contributed by atoms with Gasteiger partial charge < -0.3 is 4.74 Å². The summed E-state index contributed by atoms with van der Waals surface area (Å²) in [6, 6.07) is 14.6. The summed E-state index contributed by atoms with van der Waals surface area (Å²) in [7, 11) is 0. The van der Waals surface area contributed by atoms with Crippen LogP contribution in [-0.4, -0.2) is 11.0 Å². The first-order valence-corrected chi connectivity index (χ1v) is 10.9. The summed E-state index contributed by atoms with van der Waals surface area (Å²) in [5.41, 5.74) is 2.40. The van der Waals surface area contributed by atoms with E-state index in [1.54, 1.807) is 12.4 Å². The molecule has 0 saturated carbocycles. The zero-order valence-corrected chi connectivity index (χ0v) is 17.2. The molecule has 2 aromatic rings. The van der Waals surface area contributed by atoms with Crippen molar-refractivity contribution in [2.75, 3.05) is 0 Å². The Hall–Kier alpha value is -2.16. The number of carbonyl (C=O) groups is 1. The molecule has 0 aliphatic heterocycles. The molecule has 0 amide bonds. The van der Waals surface area contributed by atoms with E-state index in [4.69, 9.17) is 4.74 Å². The SMILES string of the molecule is O=C(CCCCCCCCCCCCc1ccccc1)OCc1cccnc1. The molecule has 1 aromatic heterocycles. The number of aryl methyl sites for hydroxylation is 1. The fraction of sp³-hybridized carbons (Fsp3) is 0.520. The highest BCUT2D eigenvalue weighted by Gasteiger charge is 2.03. The van der Waals surface area contributed by atoms with E-state index in [2.05, 4.69) is 35.3 Å². The second-order valence-corrected chi connectivity index (χ2v) is 7.54. The molecule has 0 bridgehead atoms. The predicted octanol–water partition coefficient (Wildman–Crippen LogP) is 6.66. The number of nitrogens with zero attached hydrogens (tertiary/aromatic N) is 1. The lowest BCUT2D eigenvalue weighted by molar-refractivity contribution is -0.145. The number of unbranched alkanes of at least 4 members (excludes halogenated alkanes) is 9. The van der Waals surface area contributed by atoms with Crippen LogP contribution >= 0.6 is 0 Å². The summed E-state index contributed by atoms with van der Waals surface area (Å²) in [4.78, 5) is 15.7. The highest BCUT2D eigenvalue weighted by Crippen LogP contribution is 2.13. The summed E-state index contributed by atoms with van der Waals surface area (Å²) < 4.78 is 5.27. The van der Waals surface area contributed by atoms with E-state index in [0.29, 0.717) is 13.0 Å². The van der Waals surface area contributed by atoms with Gasteiger partial charge >= 0.3 is 5.97 Å². The minimum Gasteiger partial charge on any atom is -0.461 e. The van der Waals surface area contributed by atoms with Crippen LogP contribution in [0.5, 0.6) is 0 Å². The molecule has 0 N–H and O–H groups in total.